The summed E-state index contributed by atoms with van der Waals surface area (Å²) < 4.78 is 6.52. The Kier molecular flexibility index (Phi) is 5.97. The van der Waals surface area contributed by atoms with Gasteiger partial charge in [0.15, 0.2) is 0 Å². The Balaban J connectivity index is 1.48. The molecule has 1 aliphatic rings. The second-order valence-electron chi connectivity index (χ2n) is 7.06. The molecule has 1 unspecified atom stereocenters. The Hall–Kier alpha value is -2.63. The average Bonchev–Trinajstić information content (AvgIpc) is 3.06. The minimum absolute atomic E-state index is 0.0212. The number of amides is 1. The van der Waals surface area contributed by atoms with Gasteiger partial charge in [-0.2, -0.15) is 0 Å². The van der Waals surface area contributed by atoms with Crippen molar-refractivity contribution in [1.82, 2.24) is 5.32 Å². The summed E-state index contributed by atoms with van der Waals surface area (Å²) in [4.78, 5) is 12.6. The first kappa shape index (κ1) is 19.7. The lowest BCUT2D eigenvalue weighted by atomic mass is 9.98. The van der Waals surface area contributed by atoms with Gasteiger partial charge in [0.25, 0.3) is 0 Å². The summed E-state index contributed by atoms with van der Waals surface area (Å²) in [5.74, 6) is 0.0212. The lowest BCUT2D eigenvalue weighted by Gasteiger charge is -2.20. The summed E-state index contributed by atoms with van der Waals surface area (Å²) in [6.07, 6.45) is -0.0756. The van der Waals surface area contributed by atoms with Crippen molar-refractivity contribution in [3.8, 4) is 11.1 Å². The number of aliphatic hydroxyl groups excluding tert-OH is 1. The van der Waals surface area contributed by atoms with E-state index in [0.717, 1.165) is 10.0 Å². The molecule has 0 saturated carbocycles. The van der Waals surface area contributed by atoms with Crippen LogP contribution in [0.3, 0.4) is 0 Å². The number of carbonyl (C=O) groups excluding carboxylic acids is 1. The zero-order valence-electron chi connectivity index (χ0n) is 15.8. The SMILES string of the molecule is O=C(NC(CCO)c1ccccc1Br)OCC1c2ccccc2-c2ccccc21. The van der Waals surface area contributed by atoms with Gasteiger partial charge < -0.3 is 15.2 Å². The monoisotopic (exact) mass is 451 g/mol. The van der Waals surface area contributed by atoms with Crippen LogP contribution in [-0.2, 0) is 4.74 Å². The van der Waals surface area contributed by atoms with Crippen LogP contribution < -0.4 is 5.32 Å². The van der Waals surface area contributed by atoms with Gasteiger partial charge in [0.2, 0.25) is 0 Å². The molecule has 0 aromatic heterocycles. The lowest BCUT2D eigenvalue weighted by Crippen LogP contribution is -2.31. The topological polar surface area (TPSA) is 58.6 Å². The Morgan fingerprint density at radius 2 is 1.55 bits per heavy atom. The van der Waals surface area contributed by atoms with Crippen LogP contribution in [-0.4, -0.2) is 24.4 Å². The van der Waals surface area contributed by atoms with Crippen molar-refractivity contribution in [3.05, 3.63) is 94.0 Å². The predicted molar refractivity (Wildman–Crippen MR) is 117 cm³/mol. The first-order valence-electron chi connectivity index (χ1n) is 9.66. The molecule has 3 aromatic carbocycles. The van der Waals surface area contributed by atoms with Crippen LogP contribution in [0.4, 0.5) is 4.79 Å². The molecule has 0 aliphatic heterocycles. The maximum Gasteiger partial charge on any atom is 0.407 e. The number of halogens is 1. The molecule has 0 bridgehead atoms. The molecule has 4 nitrogen and oxygen atoms in total. The quantitative estimate of drug-likeness (QED) is 0.526. The van der Waals surface area contributed by atoms with E-state index in [1.807, 2.05) is 48.5 Å². The van der Waals surface area contributed by atoms with E-state index >= 15 is 0 Å². The summed E-state index contributed by atoms with van der Waals surface area (Å²) in [5, 5.41) is 12.3. The third kappa shape index (κ3) is 4.07. The number of carbonyl (C=O) groups is 1. The fraction of sp³-hybridized carbons (Fsp3) is 0.208. The molecule has 29 heavy (non-hydrogen) atoms. The molecular formula is C24H22BrNO3. The van der Waals surface area contributed by atoms with Crippen LogP contribution in [0.5, 0.6) is 0 Å². The molecule has 5 heteroatoms. The minimum atomic E-state index is -0.485. The van der Waals surface area contributed by atoms with Gasteiger partial charge in [0.1, 0.15) is 6.61 Å². The second kappa shape index (κ2) is 8.80. The number of aliphatic hydroxyl groups is 1. The maximum absolute atomic E-state index is 12.6. The highest BCUT2D eigenvalue weighted by Gasteiger charge is 2.29. The standard InChI is InChI=1S/C24H22BrNO3/c25-22-12-6-5-11-20(22)23(13-14-27)26-24(28)29-15-21-18-9-3-1-7-16(18)17-8-2-4-10-19(17)21/h1-12,21,23,27H,13-15H2,(H,26,28). The molecule has 1 atom stereocenters. The number of hydrogen-bond donors (Lipinski definition) is 2. The molecule has 0 fully saturated rings. The van der Waals surface area contributed by atoms with Crippen molar-refractivity contribution in [2.24, 2.45) is 0 Å². The van der Waals surface area contributed by atoms with Crippen molar-refractivity contribution in [2.75, 3.05) is 13.2 Å². The molecular weight excluding hydrogens is 430 g/mol. The van der Waals surface area contributed by atoms with E-state index in [2.05, 4.69) is 45.5 Å². The number of benzene rings is 3. The van der Waals surface area contributed by atoms with Crippen LogP contribution in [0.1, 0.15) is 35.1 Å². The maximum atomic E-state index is 12.6. The first-order valence-corrected chi connectivity index (χ1v) is 10.4. The fourth-order valence-electron chi connectivity index (χ4n) is 3.97. The molecule has 148 valence electrons. The number of nitrogens with one attached hydrogen (secondary N) is 1. The third-order valence-corrected chi connectivity index (χ3v) is 6.06. The van der Waals surface area contributed by atoms with Crippen molar-refractivity contribution < 1.29 is 14.6 Å². The van der Waals surface area contributed by atoms with E-state index in [1.165, 1.54) is 22.3 Å². The van der Waals surface area contributed by atoms with Crippen LogP contribution in [0.2, 0.25) is 0 Å². The van der Waals surface area contributed by atoms with Gasteiger partial charge in [-0.1, -0.05) is 82.7 Å². The van der Waals surface area contributed by atoms with Gasteiger partial charge in [-0.15, -0.1) is 0 Å². The number of rotatable bonds is 6. The number of ether oxygens (including phenoxy) is 1. The van der Waals surface area contributed by atoms with Crippen LogP contribution >= 0.6 is 15.9 Å². The van der Waals surface area contributed by atoms with E-state index < -0.39 is 6.09 Å². The molecule has 0 spiro atoms. The van der Waals surface area contributed by atoms with Crippen molar-refractivity contribution in [3.63, 3.8) is 0 Å². The van der Waals surface area contributed by atoms with Gasteiger partial charge in [-0.05, 0) is 40.3 Å². The molecule has 0 heterocycles. The van der Waals surface area contributed by atoms with E-state index in [4.69, 9.17) is 4.74 Å². The van der Waals surface area contributed by atoms with Crippen LogP contribution in [0.25, 0.3) is 11.1 Å². The summed E-state index contributed by atoms with van der Waals surface area (Å²) in [5.41, 5.74) is 5.67. The van der Waals surface area contributed by atoms with E-state index in [0.29, 0.717) is 6.42 Å². The zero-order chi connectivity index (χ0) is 20.2. The highest BCUT2D eigenvalue weighted by atomic mass is 79.9. The Morgan fingerprint density at radius 3 is 2.17 bits per heavy atom. The highest BCUT2D eigenvalue weighted by Crippen LogP contribution is 2.44. The van der Waals surface area contributed by atoms with Gasteiger partial charge in [-0.3, -0.25) is 0 Å². The molecule has 0 saturated heterocycles. The highest BCUT2D eigenvalue weighted by molar-refractivity contribution is 9.10. The summed E-state index contributed by atoms with van der Waals surface area (Å²) in [7, 11) is 0. The van der Waals surface area contributed by atoms with Gasteiger partial charge in [0.05, 0.1) is 6.04 Å². The predicted octanol–water partition coefficient (Wildman–Crippen LogP) is 5.41. The Labute approximate surface area is 178 Å². The van der Waals surface area contributed by atoms with Crippen LogP contribution in [0, 0.1) is 0 Å². The Bertz CT molecular complexity index is 975. The molecule has 1 aliphatic carbocycles. The average molecular weight is 452 g/mol. The van der Waals surface area contributed by atoms with Gasteiger partial charge in [0, 0.05) is 17.0 Å². The summed E-state index contributed by atoms with van der Waals surface area (Å²) in [6.45, 7) is 0.233. The molecule has 4 rings (SSSR count). The Morgan fingerprint density at radius 1 is 0.966 bits per heavy atom. The normalized spacial score (nSPS) is 13.4. The van der Waals surface area contributed by atoms with Crippen molar-refractivity contribution in [2.45, 2.75) is 18.4 Å². The van der Waals surface area contributed by atoms with Crippen LogP contribution in [0.15, 0.2) is 77.3 Å². The number of hydrogen-bond acceptors (Lipinski definition) is 3. The molecule has 1 amide bonds. The van der Waals surface area contributed by atoms with E-state index in [9.17, 15) is 9.90 Å². The van der Waals surface area contributed by atoms with Crippen molar-refractivity contribution >= 4 is 22.0 Å². The smallest absolute Gasteiger partial charge is 0.407 e. The lowest BCUT2D eigenvalue weighted by molar-refractivity contribution is 0.136. The number of alkyl carbamates (subject to hydrolysis) is 1. The number of fused-ring (bicyclic) bond motifs is 3. The van der Waals surface area contributed by atoms with E-state index in [1.54, 1.807) is 0 Å². The van der Waals surface area contributed by atoms with E-state index in [-0.39, 0.29) is 25.2 Å². The zero-order valence-corrected chi connectivity index (χ0v) is 17.4. The largest absolute Gasteiger partial charge is 0.449 e. The van der Waals surface area contributed by atoms with Crippen molar-refractivity contribution in [1.29, 1.82) is 0 Å². The minimum Gasteiger partial charge on any atom is -0.449 e. The summed E-state index contributed by atoms with van der Waals surface area (Å²) in [6, 6.07) is 23.8. The van der Waals surface area contributed by atoms with Gasteiger partial charge in [-0.25, -0.2) is 4.79 Å². The second-order valence-corrected chi connectivity index (χ2v) is 7.91. The fourth-order valence-corrected chi connectivity index (χ4v) is 4.54. The molecule has 3 aromatic rings. The summed E-state index contributed by atoms with van der Waals surface area (Å²) >= 11 is 3.51. The molecule has 0 radical (unpaired) electrons. The third-order valence-electron chi connectivity index (χ3n) is 5.33. The van der Waals surface area contributed by atoms with Gasteiger partial charge >= 0.3 is 6.09 Å². The first-order chi connectivity index (χ1) is 14.2. The molecule has 2 N–H and O–H groups in total.